The third-order valence-electron chi connectivity index (χ3n) is 4.02. The van der Waals surface area contributed by atoms with Gasteiger partial charge >= 0.3 is 0 Å². The number of nitrogens with zero attached hydrogens (tertiary/aromatic N) is 1. The number of likely N-dealkylation sites (tertiary alicyclic amines) is 1. The lowest BCUT2D eigenvalue weighted by Crippen LogP contribution is -2.47. The van der Waals surface area contributed by atoms with Crippen molar-refractivity contribution in [3.63, 3.8) is 0 Å². The van der Waals surface area contributed by atoms with E-state index in [4.69, 9.17) is 0 Å². The summed E-state index contributed by atoms with van der Waals surface area (Å²) >= 11 is 0. The standard InChI is InChI=1S/C13H27N/c1-5-12-9-8-11(4)14(10-12)13(6-2)7-3/h11-13H,5-10H2,1-4H3. The molecule has 0 aromatic rings. The van der Waals surface area contributed by atoms with E-state index in [0.29, 0.717) is 0 Å². The van der Waals surface area contributed by atoms with Gasteiger partial charge in [0, 0.05) is 18.6 Å². The van der Waals surface area contributed by atoms with E-state index in [1.807, 2.05) is 0 Å². The second-order valence-corrected chi connectivity index (χ2v) is 4.87. The zero-order chi connectivity index (χ0) is 10.6. The second-order valence-electron chi connectivity index (χ2n) is 4.87. The van der Waals surface area contributed by atoms with Crippen LogP contribution in [0, 0.1) is 5.92 Å². The van der Waals surface area contributed by atoms with Gasteiger partial charge in [-0.25, -0.2) is 0 Å². The van der Waals surface area contributed by atoms with Crippen LogP contribution in [0.3, 0.4) is 0 Å². The Kier molecular flexibility index (Phi) is 4.94. The highest BCUT2D eigenvalue weighted by Crippen LogP contribution is 2.27. The Hall–Kier alpha value is -0.0400. The minimum Gasteiger partial charge on any atom is -0.297 e. The molecule has 1 aliphatic heterocycles. The molecule has 1 rings (SSSR count). The summed E-state index contributed by atoms with van der Waals surface area (Å²) in [4.78, 5) is 2.76. The third kappa shape index (κ3) is 2.73. The topological polar surface area (TPSA) is 3.24 Å². The van der Waals surface area contributed by atoms with E-state index in [-0.39, 0.29) is 0 Å². The van der Waals surface area contributed by atoms with Gasteiger partial charge in [-0.3, -0.25) is 4.90 Å². The molecule has 0 spiro atoms. The van der Waals surface area contributed by atoms with Crippen molar-refractivity contribution in [2.45, 2.75) is 71.9 Å². The predicted octanol–water partition coefficient (Wildman–Crippen LogP) is 3.69. The van der Waals surface area contributed by atoms with Crippen LogP contribution in [0.4, 0.5) is 0 Å². The van der Waals surface area contributed by atoms with Crippen LogP contribution >= 0.6 is 0 Å². The predicted molar refractivity (Wildman–Crippen MR) is 63.6 cm³/mol. The Morgan fingerprint density at radius 2 is 1.79 bits per heavy atom. The first-order valence-electron chi connectivity index (χ1n) is 6.48. The highest BCUT2D eigenvalue weighted by molar-refractivity contribution is 4.82. The summed E-state index contributed by atoms with van der Waals surface area (Å²) in [6.45, 7) is 10.8. The Morgan fingerprint density at radius 1 is 1.14 bits per heavy atom. The summed E-state index contributed by atoms with van der Waals surface area (Å²) < 4.78 is 0. The first kappa shape index (κ1) is 12.0. The van der Waals surface area contributed by atoms with Gasteiger partial charge in [-0.05, 0) is 38.5 Å². The molecule has 0 aromatic heterocycles. The largest absolute Gasteiger partial charge is 0.297 e. The zero-order valence-electron chi connectivity index (χ0n) is 10.4. The summed E-state index contributed by atoms with van der Waals surface area (Å²) in [5, 5.41) is 0. The van der Waals surface area contributed by atoms with Crippen molar-refractivity contribution >= 4 is 0 Å². The molecule has 0 aromatic carbocycles. The van der Waals surface area contributed by atoms with E-state index in [9.17, 15) is 0 Å². The molecular weight excluding hydrogens is 170 g/mol. The van der Waals surface area contributed by atoms with E-state index in [2.05, 4.69) is 32.6 Å². The lowest BCUT2D eigenvalue weighted by atomic mass is 9.89. The first-order valence-corrected chi connectivity index (χ1v) is 6.48. The maximum Gasteiger partial charge on any atom is 0.00929 e. The molecule has 14 heavy (non-hydrogen) atoms. The number of hydrogen-bond acceptors (Lipinski definition) is 1. The van der Waals surface area contributed by atoms with Crippen LogP contribution in [-0.4, -0.2) is 23.5 Å². The van der Waals surface area contributed by atoms with Crippen LogP contribution in [0.25, 0.3) is 0 Å². The molecule has 1 saturated heterocycles. The minimum absolute atomic E-state index is 0.822. The molecule has 1 heteroatoms. The smallest absolute Gasteiger partial charge is 0.00929 e. The lowest BCUT2D eigenvalue weighted by molar-refractivity contribution is 0.0660. The fourth-order valence-corrected chi connectivity index (χ4v) is 2.81. The third-order valence-corrected chi connectivity index (χ3v) is 4.02. The summed E-state index contributed by atoms with van der Waals surface area (Å²) in [6.07, 6.45) is 6.86. The fourth-order valence-electron chi connectivity index (χ4n) is 2.81. The van der Waals surface area contributed by atoms with E-state index >= 15 is 0 Å². The average Bonchev–Trinajstić information content (AvgIpc) is 2.22. The lowest BCUT2D eigenvalue weighted by Gasteiger charge is -2.42. The molecule has 2 unspecified atom stereocenters. The maximum atomic E-state index is 2.76. The van der Waals surface area contributed by atoms with E-state index < -0.39 is 0 Å². The number of hydrogen-bond donors (Lipinski definition) is 0. The highest BCUT2D eigenvalue weighted by atomic mass is 15.2. The van der Waals surface area contributed by atoms with Crippen LogP contribution in [0.1, 0.15) is 59.8 Å². The van der Waals surface area contributed by atoms with Gasteiger partial charge in [0.2, 0.25) is 0 Å². The molecule has 0 aliphatic carbocycles. The Bertz CT molecular complexity index is 151. The quantitative estimate of drug-likeness (QED) is 0.664. The SMILES string of the molecule is CCC1CCC(C)N(C(CC)CC)C1. The molecule has 0 saturated carbocycles. The normalized spacial score (nSPS) is 29.8. The average molecular weight is 197 g/mol. The maximum absolute atomic E-state index is 2.76. The van der Waals surface area contributed by atoms with Crippen molar-refractivity contribution in [1.82, 2.24) is 4.90 Å². The van der Waals surface area contributed by atoms with Gasteiger partial charge in [-0.15, -0.1) is 0 Å². The molecule has 0 radical (unpaired) electrons. The molecule has 84 valence electrons. The highest BCUT2D eigenvalue weighted by Gasteiger charge is 2.27. The second kappa shape index (κ2) is 5.75. The first-order chi connectivity index (χ1) is 6.72. The van der Waals surface area contributed by atoms with Crippen molar-refractivity contribution in [3.05, 3.63) is 0 Å². The van der Waals surface area contributed by atoms with Crippen LogP contribution in [-0.2, 0) is 0 Å². The van der Waals surface area contributed by atoms with E-state index in [1.54, 1.807) is 0 Å². The van der Waals surface area contributed by atoms with Crippen molar-refractivity contribution in [2.75, 3.05) is 6.54 Å². The molecular formula is C13H27N. The van der Waals surface area contributed by atoms with E-state index in [1.165, 1.54) is 38.6 Å². The van der Waals surface area contributed by atoms with Gasteiger partial charge in [0.25, 0.3) is 0 Å². The molecule has 1 fully saturated rings. The van der Waals surface area contributed by atoms with Gasteiger partial charge in [-0.2, -0.15) is 0 Å². The molecule has 1 nitrogen and oxygen atoms in total. The van der Waals surface area contributed by atoms with Gasteiger partial charge in [0.15, 0.2) is 0 Å². The van der Waals surface area contributed by atoms with Crippen molar-refractivity contribution in [2.24, 2.45) is 5.92 Å². The summed E-state index contributed by atoms with van der Waals surface area (Å²) in [5.41, 5.74) is 0. The van der Waals surface area contributed by atoms with Gasteiger partial charge in [0.05, 0.1) is 0 Å². The molecule has 1 aliphatic rings. The van der Waals surface area contributed by atoms with Gasteiger partial charge in [-0.1, -0.05) is 27.2 Å². The van der Waals surface area contributed by atoms with Crippen molar-refractivity contribution in [3.8, 4) is 0 Å². The summed E-state index contributed by atoms with van der Waals surface area (Å²) in [5.74, 6) is 0.965. The summed E-state index contributed by atoms with van der Waals surface area (Å²) in [7, 11) is 0. The van der Waals surface area contributed by atoms with Crippen LogP contribution < -0.4 is 0 Å². The van der Waals surface area contributed by atoms with Crippen LogP contribution in [0.15, 0.2) is 0 Å². The Labute approximate surface area is 89.9 Å². The minimum atomic E-state index is 0.822. The fraction of sp³-hybridized carbons (Fsp3) is 1.00. The van der Waals surface area contributed by atoms with Crippen LogP contribution in [0.2, 0.25) is 0 Å². The molecule has 2 atom stereocenters. The van der Waals surface area contributed by atoms with E-state index in [0.717, 1.165) is 18.0 Å². The monoisotopic (exact) mass is 197 g/mol. The molecule has 1 heterocycles. The number of piperidine rings is 1. The Morgan fingerprint density at radius 3 is 2.29 bits per heavy atom. The molecule has 0 bridgehead atoms. The molecule has 0 N–H and O–H groups in total. The zero-order valence-corrected chi connectivity index (χ0v) is 10.4. The summed E-state index contributed by atoms with van der Waals surface area (Å²) in [6, 6.07) is 1.65. The molecule has 0 amide bonds. The van der Waals surface area contributed by atoms with Crippen LogP contribution in [0.5, 0.6) is 0 Å². The van der Waals surface area contributed by atoms with Crippen molar-refractivity contribution in [1.29, 1.82) is 0 Å². The van der Waals surface area contributed by atoms with Crippen molar-refractivity contribution < 1.29 is 0 Å². The van der Waals surface area contributed by atoms with Gasteiger partial charge in [0.1, 0.15) is 0 Å². The number of rotatable bonds is 4. The Balaban J connectivity index is 2.54. The van der Waals surface area contributed by atoms with Gasteiger partial charge < -0.3 is 0 Å².